The molecule has 1 aliphatic carbocycles. The van der Waals surface area contributed by atoms with Gasteiger partial charge in [-0.3, -0.25) is 4.79 Å². The minimum Gasteiger partial charge on any atom is -0.462 e. The van der Waals surface area contributed by atoms with Crippen molar-refractivity contribution >= 4 is 17.7 Å². The van der Waals surface area contributed by atoms with Gasteiger partial charge in [0.15, 0.2) is 5.78 Å². The van der Waals surface area contributed by atoms with Gasteiger partial charge < -0.3 is 9.47 Å². The van der Waals surface area contributed by atoms with E-state index in [4.69, 9.17) is 9.47 Å². The molecule has 0 saturated carbocycles. The first-order valence-corrected chi connectivity index (χ1v) is 7.13. The van der Waals surface area contributed by atoms with Crippen molar-refractivity contribution in [2.24, 2.45) is 11.3 Å². The molecule has 1 aliphatic heterocycles. The summed E-state index contributed by atoms with van der Waals surface area (Å²) in [4.78, 5) is 35.6. The molecule has 2 atom stereocenters. The lowest BCUT2D eigenvalue weighted by Gasteiger charge is -2.29. The van der Waals surface area contributed by atoms with Gasteiger partial charge >= 0.3 is 18.1 Å². The molecule has 0 spiro atoms. The van der Waals surface area contributed by atoms with E-state index in [0.717, 1.165) is 0 Å². The van der Waals surface area contributed by atoms with Crippen LogP contribution in [-0.2, 0) is 23.9 Å². The predicted molar refractivity (Wildman–Crippen MR) is 71.1 cm³/mol. The highest BCUT2D eigenvalue weighted by Gasteiger charge is 2.51. The molecule has 0 bridgehead atoms. The number of rotatable bonds is 2. The SMILES string of the molecule is CC1=C(C(=O)O[C@H]2C(=O)OCC2(C)C)C(C(F)(F)F)CCC1=O. The first kappa shape index (κ1) is 17.5. The standard InChI is InChI=1S/C15H17F3O5/c1-7-9(19)5-4-8(15(16,17)18)10(7)12(20)23-11-13(21)22-6-14(11,2)3/h8,11H,4-6H2,1-3H3/t8?,11-/m0/s1. The van der Waals surface area contributed by atoms with Crippen LogP contribution >= 0.6 is 0 Å². The molecule has 0 amide bonds. The zero-order valence-corrected chi connectivity index (χ0v) is 13.0. The Bertz CT molecular complexity index is 588. The second kappa shape index (κ2) is 5.65. The molecule has 0 aromatic rings. The summed E-state index contributed by atoms with van der Waals surface area (Å²) < 4.78 is 49.2. The monoisotopic (exact) mass is 334 g/mol. The molecule has 1 heterocycles. The molecule has 2 rings (SSSR count). The zero-order chi connectivity index (χ0) is 17.6. The van der Waals surface area contributed by atoms with Crippen LogP contribution in [0.3, 0.4) is 0 Å². The number of carbonyl (C=O) groups is 3. The Morgan fingerprint density at radius 2 is 1.91 bits per heavy atom. The normalized spacial score (nSPS) is 27.9. The second-order valence-electron chi connectivity index (χ2n) is 6.48. The van der Waals surface area contributed by atoms with E-state index in [2.05, 4.69) is 0 Å². The summed E-state index contributed by atoms with van der Waals surface area (Å²) in [5.74, 6) is -4.67. The largest absolute Gasteiger partial charge is 0.462 e. The molecule has 1 unspecified atom stereocenters. The molecular formula is C15H17F3O5. The van der Waals surface area contributed by atoms with Crippen LogP contribution in [0.5, 0.6) is 0 Å². The highest BCUT2D eigenvalue weighted by Crippen LogP contribution is 2.41. The molecule has 0 radical (unpaired) electrons. The number of cyclic esters (lactones) is 1. The summed E-state index contributed by atoms with van der Waals surface area (Å²) in [5.41, 5.74) is -1.80. The van der Waals surface area contributed by atoms with Crippen molar-refractivity contribution in [2.75, 3.05) is 6.61 Å². The summed E-state index contributed by atoms with van der Waals surface area (Å²) in [7, 11) is 0. The number of Topliss-reactive ketones (excluding diaryl/α,β-unsaturated/α-hetero) is 1. The van der Waals surface area contributed by atoms with E-state index in [-0.39, 0.29) is 18.6 Å². The summed E-state index contributed by atoms with van der Waals surface area (Å²) in [5, 5.41) is 0. The minimum absolute atomic E-state index is 0.00341. The van der Waals surface area contributed by atoms with Crippen molar-refractivity contribution in [3.63, 3.8) is 0 Å². The predicted octanol–water partition coefficient (Wildman–Crippen LogP) is 2.34. The summed E-state index contributed by atoms with van der Waals surface area (Å²) in [6.45, 7) is 4.38. The zero-order valence-electron chi connectivity index (χ0n) is 13.0. The van der Waals surface area contributed by atoms with Crippen LogP contribution in [0.1, 0.15) is 33.6 Å². The Balaban J connectivity index is 2.33. The molecule has 8 heteroatoms. The summed E-state index contributed by atoms with van der Waals surface area (Å²) in [6.07, 6.45) is -6.73. The molecular weight excluding hydrogens is 317 g/mol. The van der Waals surface area contributed by atoms with Crippen molar-refractivity contribution in [1.29, 1.82) is 0 Å². The molecule has 1 fully saturated rings. The maximum atomic E-state index is 13.1. The summed E-state index contributed by atoms with van der Waals surface area (Å²) >= 11 is 0. The lowest BCUT2D eigenvalue weighted by atomic mass is 9.82. The molecule has 0 N–H and O–H groups in total. The van der Waals surface area contributed by atoms with Crippen molar-refractivity contribution in [1.82, 2.24) is 0 Å². The molecule has 2 aliphatic rings. The molecule has 23 heavy (non-hydrogen) atoms. The number of ether oxygens (including phenoxy) is 2. The van der Waals surface area contributed by atoms with Gasteiger partial charge in [-0.1, -0.05) is 13.8 Å². The fourth-order valence-electron chi connectivity index (χ4n) is 2.75. The third-order valence-electron chi connectivity index (χ3n) is 4.18. The van der Waals surface area contributed by atoms with Crippen LogP contribution in [0.2, 0.25) is 0 Å². The van der Waals surface area contributed by atoms with E-state index in [9.17, 15) is 27.6 Å². The van der Waals surface area contributed by atoms with Gasteiger partial charge in [-0.15, -0.1) is 0 Å². The smallest absolute Gasteiger partial charge is 0.396 e. The van der Waals surface area contributed by atoms with Gasteiger partial charge in [0.2, 0.25) is 6.10 Å². The Hall–Kier alpha value is -1.86. The van der Waals surface area contributed by atoms with E-state index in [0.29, 0.717) is 0 Å². The Morgan fingerprint density at radius 1 is 1.30 bits per heavy atom. The highest BCUT2D eigenvalue weighted by molar-refractivity contribution is 6.05. The second-order valence-corrected chi connectivity index (χ2v) is 6.48. The number of allylic oxidation sites excluding steroid dienone is 1. The Morgan fingerprint density at radius 3 is 2.39 bits per heavy atom. The first-order valence-electron chi connectivity index (χ1n) is 7.13. The fraction of sp³-hybridized carbons (Fsp3) is 0.667. The minimum atomic E-state index is -4.66. The number of hydrogen-bond donors (Lipinski definition) is 0. The molecule has 5 nitrogen and oxygen atoms in total. The van der Waals surface area contributed by atoms with Crippen molar-refractivity contribution in [3.05, 3.63) is 11.1 Å². The Kier molecular flexibility index (Phi) is 4.30. The number of alkyl halides is 3. The molecule has 128 valence electrons. The topological polar surface area (TPSA) is 69.7 Å². The van der Waals surface area contributed by atoms with Gasteiger partial charge in [0, 0.05) is 17.4 Å². The van der Waals surface area contributed by atoms with Crippen LogP contribution in [0.4, 0.5) is 13.2 Å². The third kappa shape index (κ3) is 3.25. The van der Waals surface area contributed by atoms with Crippen LogP contribution in [-0.4, -0.2) is 36.6 Å². The van der Waals surface area contributed by atoms with Gasteiger partial charge in [0.1, 0.15) is 6.61 Å². The maximum Gasteiger partial charge on any atom is 0.396 e. The third-order valence-corrected chi connectivity index (χ3v) is 4.18. The van der Waals surface area contributed by atoms with E-state index >= 15 is 0 Å². The number of esters is 2. The quantitative estimate of drug-likeness (QED) is 0.725. The fourth-order valence-corrected chi connectivity index (χ4v) is 2.75. The van der Waals surface area contributed by atoms with Gasteiger partial charge in [-0.05, 0) is 13.3 Å². The number of halogens is 3. The molecule has 0 aromatic heterocycles. The van der Waals surface area contributed by atoms with Gasteiger partial charge in [0.25, 0.3) is 0 Å². The van der Waals surface area contributed by atoms with Crippen molar-refractivity contribution in [2.45, 2.75) is 45.9 Å². The van der Waals surface area contributed by atoms with Gasteiger partial charge in [-0.2, -0.15) is 13.2 Å². The molecule has 0 aromatic carbocycles. The van der Waals surface area contributed by atoms with Crippen LogP contribution < -0.4 is 0 Å². The Labute approximate surface area is 130 Å². The van der Waals surface area contributed by atoms with Crippen molar-refractivity contribution < 1.29 is 37.0 Å². The number of hydrogen-bond acceptors (Lipinski definition) is 5. The van der Waals surface area contributed by atoms with E-state index in [1.54, 1.807) is 13.8 Å². The first-order chi connectivity index (χ1) is 10.4. The van der Waals surface area contributed by atoms with Crippen LogP contribution in [0.15, 0.2) is 11.1 Å². The van der Waals surface area contributed by atoms with Gasteiger partial charge in [0.05, 0.1) is 11.5 Å². The van der Waals surface area contributed by atoms with Crippen LogP contribution in [0.25, 0.3) is 0 Å². The van der Waals surface area contributed by atoms with Crippen LogP contribution in [0, 0.1) is 11.3 Å². The lowest BCUT2D eigenvalue weighted by Crippen LogP contribution is -2.39. The average molecular weight is 334 g/mol. The molecule has 1 saturated heterocycles. The number of ketones is 1. The average Bonchev–Trinajstić information content (AvgIpc) is 2.67. The summed E-state index contributed by atoms with van der Waals surface area (Å²) in [6, 6.07) is 0. The van der Waals surface area contributed by atoms with E-state index < -0.39 is 53.3 Å². The highest BCUT2D eigenvalue weighted by atomic mass is 19.4. The number of carbonyl (C=O) groups excluding carboxylic acids is 3. The van der Waals surface area contributed by atoms with E-state index in [1.807, 2.05) is 0 Å². The lowest BCUT2D eigenvalue weighted by molar-refractivity contribution is -0.177. The van der Waals surface area contributed by atoms with E-state index in [1.165, 1.54) is 6.92 Å². The van der Waals surface area contributed by atoms with Crippen molar-refractivity contribution in [3.8, 4) is 0 Å². The maximum absolute atomic E-state index is 13.1. The van der Waals surface area contributed by atoms with Gasteiger partial charge in [-0.25, -0.2) is 9.59 Å².